The van der Waals surface area contributed by atoms with E-state index in [1.54, 1.807) is 0 Å². The molecule has 1 saturated heterocycles. The van der Waals surface area contributed by atoms with Crippen LogP contribution in [0.25, 0.3) is 0 Å². The molecule has 0 aromatic carbocycles. The average molecular weight is 249 g/mol. The summed E-state index contributed by atoms with van der Waals surface area (Å²) in [5.74, 6) is 0.354. The average Bonchev–Trinajstić information content (AvgIpc) is 2.63. The lowest BCUT2D eigenvalue weighted by atomic mass is 10.3. The van der Waals surface area contributed by atoms with Crippen molar-refractivity contribution in [3.05, 3.63) is 18.1 Å². The Morgan fingerprint density at radius 3 is 2.69 bits per heavy atom. The van der Waals surface area contributed by atoms with E-state index in [1.807, 2.05) is 0 Å². The summed E-state index contributed by atoms with van der Waals surface area (Å²) < 4.78 is 37.1. The first-order chi connectivity index (χ1) is 7.48. The maximum Gasteiger partial charge on any atom is 0.433 e. The van der Waals surface area contributed by atoms with Crippen LogP contribution < -0.4 is 4.90 Å². The molecule has 86 valence electrons. The van der Waals surface area contributed by atoms with Crippen molar-refractivity contribution in [1.82, 2.24) is 9.97 Å². The van der Waals surface area contributed by atoms with Crippen LogP contribution in [0.1, 0.15) is 5.69 Å². The molecule has 16 heavy (non-hydrogen) atoms. The summed E-state index contributed by atoms with van der Waals surface area (Å²) in [6.45, 7) is 0. The van der Waals surface area contributed by atoms with Crippen LogP contribution in [0.3, 0.4) is 0 Å². The maximum atomic E-state index is 12.4. The minimum atomic E-state index is -4.52. The molecule has 1 fully saturated rings. The van der Waals surface area contributed by atoms with Crippen molar-refractivity contribution in [1.29, 1.82) is 0 Å². The van der Waals surface area contributed by atoms with Crippen molar-refractivity contribution in [2.24, 2.45) is 0 Å². The molecule has 1 aromatic heterocycles. The molecule has 4 nitrogen and oxygen atoms in total. The van der Waals surface area contributed by atoms with Crippen molar-refractivity contribution in [2.45, 2.75) is 6.18 Å². The second-order valence-electron chi connectivity index (χ2n) is 3.06. The minimum absolute atomic E-state index is 0.00248. The van der Waals surface area contributed by atoms with Crippen LogP contribution in [-0.2, 0) is 11.0 Å². The smallest absolute Gasteiger partial charge is 0.286 e. The summed E-state index contributed by atoms with van der Waals surface area (Å²) in [4.78, 5) is 19.3. The highest BCUT2D eigenvalue weighted by Crippen LogP contribution is 2.30. The Morgan fingerprint density at radius 2 is 2.12 bits per heavy atom. The number of carbonyl (C=O) groups excluding carboxylic acids is 1. The summed E-state index contributed by atoms with van der Waals surface area (Å²) in [6.07, 6.45) is -3.71. The number of alkyl halides is 3. The SMILES string of the molecule is O=C1CSCN1c1cc(C(F)(F)F)ncn1. The third kappa shape index (κ3) is 2.11. The van der Waals surface area contributed by atoms with E-state index in [-0.39, 0.29) is 17.5 Å². The van der Waals surface area contributed by atoms with E-state index in [0.717, 1.165) is 12.4 Å². The van der Waals surface area contributed by atoms with Crippen molar-refractivity contribution in [3.63, 3.8) is 0 Å². The Morgan fingerprint density at radius 1 is 1.38 bits per heavy atom. The lowest BCUT2D eigenvalue weighted by molar-refractivity contribution is -0.141. The number of carbonyl (C=O) groups is 1. The van der Waals surface area contributed by atoms with E-state index in [9.17, 15) is 18.0 Å². The Hall–Kier alpha value is -1.31. The van der Waals surface area contributed by atoms with Crippen LogP contribution >= 0.6 is 11.8 Å². The van der Waals surface area contributed by atoms with Crippen molar-refractivity contribution in [3.8, 4) is 0 Å². The second-order valence-corrected chi connectivity index (χ2v) is 4.01. The van der Waals surface area contributed by atoms with Gasteiger partial charge in [0.15, 0.2) is 0 Å². The molecular weight excluding hydrogens is 243 g/mol. The molecule has 2 heterocycles. The number of amides is 1. The van der Waals surface area contributed by atoms with Crippen LogP contribution in [-0.4, -0.2) is 27.5 Å². The van der Waals surface area contributed by atoms with Gasteiger partial charge < -0.3 is 0 Å². The Kier molecular flexibility index (Phi) is 2.75. The zero-order valence-electron chi connectivity index (χ0n) is 7.86. The van der Waals surface area contributed by atoms with Crippen LogP contribution in [0.15, 0.2) is 12.4 Å². The van der Waals surface area contributed by atoms with Gasteiger partial charge in [-0.25, -0.2) is 9.97 Å². The fourth-order valence-electron chi connectivity index (χ4n) is 1.22. The summed E-state index contributed by atoms with van der Waals surface area (Å²) in [7, 11) is 0. The van der Waals surface area contributed by atoms with E-state index >= 15 is 0 Å². The molecule has 0 aliphatic carbocycles. The number of anilines is 1. The molecule has 0 saturated carbocycles. The summed E-state index contributed by atoms with van der Waals surface area (Å²) in [6, 6.07) is 0.782. The number of hydrogen-bond acceptors (Lipinski definition) is 4. The van der Waals surface area contributed by atoms with E-state index in [4.69, 9.17) is 0 Å². The molecule has 0 unspecified atom stereocenters. The van der Waals surface area contributed by atoms with Gasteiger partial charge in [0.2, 0.25) is 5.91 Å². The second kappa shape index (κ2) is 3.93. The molecule has 2 rings (SSSR count). The van der Waals surface area contributed by atoms with Crippen molar-refractivity contribution >= 4 is 23.5 Å². The number of halogens is 3. The fraction of sp³-hybridized carbons (Fsp3) is 0.375. The highest BCUT2D eigenvalue weighted by molar-refractivity contribution is 8.00. The van der Waals surface area contributed by atoms with Gasteiger partial charge >= 0.3 is 6.18 Å². The Labute approximate surface area is 92.9 Å². The predicted octanol–water partition coefficient (Wildman–Crippen LogP) is 1.53. The normalized spacial score (nSPS) is 16.9. The lowest BCUT2D eigenvalue weighted by Crippen LogP contribution is -2.26. The third-order valence-corrected chi connectivity index (χ3v) is 2.86. The largest absolute Gasteiger partial charge is 0.433 e. The number of thioether (sulfide) groups is 1. The minimum Gasteiger partial charge on any atom is -0.286 e. The summed E-state index contributed by atoms with van der Waals surface area (Å²) in [5.41, 5.74) is -1.04. The first-order valence-corrected chi connectivity index (χ1v) is 5.41. The first kappa shape index (κ1) is 11.2. The van der Waals surface area contributed by atoms with Crippen LogP contribution in [0, 0.1) is 0 Å². The molecule has 1 aliphatic rings. The monoisotopic (exact) mass is 249 g/mol. The molecule has 1 aromatic rings. The molecule has 1 amide bonds. The van der Waals surface area contributed by atoms with Gasteiger partial charge in [-0.05, 0) is 0 Å². The maximum absolute atomic E-state index is 12.4. The standard InChI is InChI=1S/C8H6F3N3OS/c9-8(10,11)5-1-6(13-3-12-5)14-4-16-2-7(14)15/h1,3H,2,4H2. The molecule has 0 atom stereocenters. The van der Waals surface area contributed by atoms with Gasteiger partial charge in [-0.15, -0.1) is 11.8 Å². The van der Waals surface area contributed by atoms with Crippen LogP contribution in [0.4, 0.5) is 19.0 Å². The molecule has 0 radical (unpaired) electrons. The topological polar surface area (TPSA) is 46.1 Å². The number of aromatic nitrogens is 2. The highest BCUT2D eigenvalue weighted by Gasteiger charge is 2.34. The molecular formula is C8H6F3N3OS. The van der Waals surface area contributed by atoms with Crippen LogP contribution in [0.2, 0.25) is 0 Å². The van der Waals surface area contributed by atoms with Gasteiger partial charge in [0.1, 0.15) is 17.8 Å². The van der Waals surface area contributed by atoms with E-state index in [0.29, 0.717) is 5.88 Å². The first-order valence-electron chi connectivity index (χ1n) is 4.26. The quantitative estimate of drug-likeness (QED) is 0.757. The van der Waals surface area contributed by atoms with Gasteiger partial charge in [-0.1, -0.05) is 0 Å². The molecule has 1 aliphatic heterocycles. The Balaban J connectivity index is 2.32. The summed E-state index contributed by atoms with van der Waals surface area (Å²) >= 11 is 1.33. The van der Waals surface area contributed by atoms with Gasteiger partial charge in [0.05, 0.1) is 11.6 Å². The molecule has 0 bridgehead atoms. The van der Waals surface area contributed by atoms with Crippen LogP contribution in [0.5, 0.6) is 0 Å². The van der Waals surface area contributed by atoms with Gasteiger partial charge in [-0.2, -0.15) is 13.2 Å². The fourth-order valence-corrected chi connectivity index (χ4v) is 2.10. The molecule has 8 heteroatoms. The zero-order chi connectivity index (χ0) is 11.8. The summed E-state index contributed by atoms with van der Waals surface area (Å²) in [5, 5.41) is 0. The zero-order valence-corrected chi connectivity index (χ0v) is 8.68. The number of nitrogens with zero attached hydrogens (tertiary/aromatic N) is 3. The molecule has 0 N–H and O–H groups in total. The van der Waals surface area contributed by atoms with Gasteiger partial charge in [0, 0.05) is 6.07 Å². The number of hydrogen-bond donors (Lipinski definition) is 0. The predicted molar refractivity (Wildman–Crippen MR) is 51.8 cm³/mol. The van der Waals surface area contributed by atoms with Gasteiger partial charge in [-0.3, -0.25) is 9.69 Å². The van der Waals surface area contributed by atoms with E-state index < -0.39 is 11.9 Å². The van der Waals surface area contributed by atoms with Crippen molar-refractivity contribution in [2.75, 3.05) is 16.5 Å². The van der Waals surface area contributed by atoms with E-state index in [1.165, 1.54) is 16.7 Å². The lowest BCUT2D eigenvalue weighted by Gasteiger charge is -2.14. The highest BCUT2D eigenvalue weighted by atomic mass is 32.2. The molecule has 0 spiro atoms. The Bertz CT molecular complexity index is 423. The van der Waals surface area contributed by atoms with Crippen molar-refractivity contribution < 1.29 is 18.0 Å². The van der Waals surface area contributed by atoms with Gasteiger partial charge in [0.25, 0.3) is 0 Å². The van der Waals surface area contributed by atoms with E-state index in [2.05, 4.69) is 9.97 Å². The third-order valence-electron chi connectivity index (χ3n) is 1.97. The number of rotatable bonds is 1.